The van der Waals surface area contributed by atoms with Crippen LogP contribution in [0, 0.1) is 5.92 Å². The lowest BCUT2D eigenvalue weighted by molar-refractivity contribution is -0.153. The van der Waals surface area contributed by atoms with Crippen molar-refractivity contribution in [2.75, 3.05) is 19.7 Å². The smallest absolute Gasteiger partial charge is 0.309 e. The van der Waals surface area contributed by atoms with Crippen LogP contribution in [0.3, 0.4) is 0 Å². The van der Waals surface area contributed by atoms with E-state index in [1.165, 1.54) is 11.3 Å². The first-order valence-corrected chi connectivity index (χ1v) is 7.23. The molecule has 0 saturated carbocycles. The van der Waals surface area contributed by atoms with Crippen molar-refractivity contribution in [3.05, 3.63) is 22.4 Å². The minimum atomic E-state index is -0.663. The van der Waals surface area contributed by atoms with E-state index < -0.39 is 11.9 Å². The molecule has 0 spiro atoms. The summed E-state index contributed by atoms with van der Waals surface area (Å²) in [7, 11) is 0. The average molecular weight is 296 g/mol. The molecule has 2 amide bonds. The summed E-state index contributed by atoms with van der Waals surface area (Å²) >= 11 is 1.41. The number of carbonyl (C=O) groups is 3. The van der Waals surface area contributed by atoms with E-state index in [1.54, 1.807) is 11.0 Å². The number of nitrogens with two attached hydrogens (primary N) is 1. The Hall–Kier alpha value is -1.89. The van der Waals surface area contributed by atoms with Crippen LogP contribution in [0.4, 0.5) is 0 Å². The van der Waals surface area contributed by atoms with Crippen LogP contribution < -0.4 is 5.73 Å². The predicted molar refractivity (Wildman–Crippen MR) is 73.1 cm³/mol. The molecule has 1 aliphatic heterocycles. The Balaban J connectivity index is 1.82. The van der Waals surface area contributed by atoms with E-state index in [1.807, 2.05) is 11.4 Å². The standard InChI is InChI=1S/C13H16N2O4S/c14-11(16)8-19-13(18)9-3-5-15(6-4-9)12(17)10-2-1-7-20-10/h1-2,7,9H,3-6,8H2,(H2,14,16). The Labute approximate surface area is 120 Å². The third-order valence-corrected chi connectivity index (χ3v) is 4.06. The fourth-order valence-corrected chi connectivity index (χ4v) is 2.83. The molecular formula is C13H16N2O4S. The molecule has 0 aromatic carbocycles. The minimum absolute atomic E-state index is 0.00366. The molecule has 1 fully saturated rings. The van der Waals surface area contributed by atoms with Crippen molar-refractivity contribution < 1.29 is 19.1 Å². The van der Waals surface area contributed by atoms with Gasteiger partial charge in [-0.15, -0.1) is 11.3 Å². The number of nitrogens with zero attached hydrogens (tertiary/aromatic N) is 1. The number of primary amides is 1. The molecule has 0 bridgehead atoms. The first kappa shape index (κ1) is 14.5. The lowest BCUT2D eigenvalue weighted by Gasteiger charge is -2.30. The van der Waals surface area contributed by atoms with Crippen LogP contribution in [-0.4, -0.2) is 42.4 Å². The van der Waals surface area contributed by atoms with Crippen molar-refractivity contribution in [3.8, 4) is 0 Å². The third-order valence-electron chi connectivity index (χ3n) is 3.20. The molecule has 2 N–H and O–H groups in total. The van der Waals surface area contributed by atoms with Crippen LogP contribution in [-0.2, 0) is 14.3 Å². The van der Waals surface area contributed by atoms with Gasteiger partial charge in [-0.25, -0.2) is 0 Å². The summed E-state index contributed by atoms with van der Waals surface area (Å²) in [5.74, 6) is -1.33. The van der Waals surface area contributed by atoms with Gasteiger partial charge in [-0.3, -0.25) is 14.4 Å². The summed E-state index contributed by atoms with van der Waals surface area (Å²) in [6.07, 6.45) is 1.10. The first-order chi connectivity index (χ1) is 9.58. The van der Waals surface area contributed by atoms with Gasteiger partial charge in [-0.1, -0.05) is 6.07 Å². The highest BCUT2D eigenvalue weighted by Gasteiger charge is 2.29. The second kappa shape index (κ2) is 6.51. The second-order valence-electron chi connectivity index (χ2n) is 4.62. The van der Waals surface area contributed by atoms with Crippen LogP contribution in [0.1, 0.15) is 22.5 Å². The number of piperidine rings is 1. The van der Waals surface area contributed by atoms with Crippen LogP contribution in [0.5, 0.6) is 0 Å². The molecule has 1 aromatic rings. The predicted octanol–water partition coefficient (Wildman–Crippen LogP) is 0.629. The number of rotatable bonds is 4. The first-order valence-electron chi connectivity index (χ1n) is 6.35. The maximum Gasteiger partial charge on any atom is 0.309 e. The molecule has 7 heteroatoms. The number of amides is 2. The Bertz CT molecular complexity index is 492. The van der Waals surface area contributed by atoms with Crippen molar-refractivity contribution in [1.29, 1.82) is 0 Å². The Morgan fingerprint density at radius 1 is 1.35 bits per heavy atom. The molecule has 1 saturated heterocycles. The number of ether oxygens (including phenoxy) is 1. The van der Waals surface area contributed by atoms with E-state index in [9.17, 15) is 14.4 Å². The van der Waals surface area contributed by atoms with Gasteiger partial charge in [0.05, 0.1) is 10.8 Å². The number of thiophene rings is 1. The molecule has 1 aliphatic rings. The molecule has 0 radical (unpaired) electrons. The van der Waals surface area contributed by atoms with Crippen molar-refractivity contribution in [3.63, 3.8) is 0 Å². The van der Waals surface area contributed by atoms with E-state index >= 15 is 0 Å². The highest BCUT2D eigenvalue weighted by Crippen LogP contribution is 2.21. The Morgan fingerprint density at radius 3 is 2.60 bits per heavy atom. The maximum atomic E-state index is 12.1. The Morgan fingerprint density at radius 2 is 2.05 bits per heavy atom. The lowest BCUT2D eigenvalue weighted by atomic mass is 9.97. The molecule has 0 unspecified atom stereocenters. The van der Waals surface area contributed by atoms with Gasteiger partial charge in [0.25, 0.3) is 11.8 Å². The largest absolute Gasteiger partial charge is 0.455 e. The highest BCUT2D eigenvalue weighted by molar-refractivity contribution is 7.12. The van der Waals surface area contributed by atoms with Gasteiger partial charge in [-0.05, 0) is 24.3 Å². The van der Waals surface area contributed by atoms with E-state index in [-0.39, 0.29) is 18.4 Å². The highest BCUT2D eigenvalue weighted by atomic mass is 32.1. The number of hydrogen-bond donors (Lipinski definition) is 1. The molecular weight excluding hydrogens is 280 g/mol. The van der Waals surface area contributed by atoms with Gasteiger partial charge >= 0.3 is 5.97 Å². The second-order valence-corrected chi connectivity index (χ2v) is 5.57. The summed E-state index contributed by atoms with van der Waals surface area (Å²) < 4.78 is 4.80. The van der Waals surface area contributed by atoms with Gasteiger partial charge < -0.3 is 15.4 Å². The van der Waals surface area contributed by atoms with Gasteiger partial charge in [0.2, 0.25) is 0 Å². The zero-order valence-corrected chi connectivity index (χ0v) is 11.7. The normalized spacial score (nSPS) is 15.9. The monoisotopic (exact) mass is 296 g/mol. The molecule has 1 aromatic heterocycles. The summed E-state index contributed by atoms with van der Waals surface area (Å²) in [6.45, 7) is 0.660. The maximum absolute atomic E-state index is 12.1. The summed E-state index contributed by atoms with van der Waals surface area (Å²) in [5.41, 5.74) is 4.92. The molecule has 6 nitrogen and oxygen atoms in total. The van der Waals surface area contributed by atoms with E-state index in [0.717, 1.165) is 0 Å². The molecule has 2 heterocycles. The van der Waals surface area contributed by atoms with Crippen LogP contribution in [0.25, 0.3) is 0 Å². The third kappa shape index (κ3) is 3.57. The molecule has 0 aliphatic carbocycles. The quantitative estimate of drug-likeness (QED) is 0.825. The zero-order valence-electron chi connectivity index (χ0n) is 10.9. The van der Waals surface area contributed by atoms with E-state index in [2.05, 4.69) is 0 Å². The number of likely N-dealkylation sites (tertiary alicyclic amines) is 1. The van der Waals surface area contributed by atoms with Crippen LogP contribution in [0.15, 0.2) is 17.5 Å². The molecule has 108 valence electrons. The van der Waals surface area contributed by atoms with Gasteiger partial charge in [0.1, 0.15) is 0 Å². The van der Waals surface area contributed by atoms with Crippen molar-refractivity contribution in [2.24, 2.45) is 11.7 Å². The van der Waals surface area contributed by atoms with Crippen molar-refractivity contribution in [1.82, 2.24) is 4.90 Å². The fourth-order valence-electron chi connectivity index (χ4n) is 2.13. The summed E-state index contributed by atoms with van der Waals surface area (Å²) in [5, 5.41) is 1.86. The van der Waals surface area contributed by atoms with Gasteiger partial charge in [0.15, 0.2) is 6.61 Å². The van der Waals surface area contributed by atoms with Crippen molar-refractivity contribution >= 4 is 29.1 Å². The number of carbonyl (C=O) groups excluding carboxylic acids is 3. The lowest BCUT2D eigenvalue weighted by Crippen LogP contribution is -2.40. The van der Waals surface area contributed by atoms with E-state index in [0.29, 0.717) is 30.8 Å². The fraction of sp³-hybridized carbons (Fsp3) is 0.462. The summed E-state index contributed by atoms with van der Waals surface area (Å²) in [6, 6.07) is 3.63. The average Bonchev–Trinajstić information content (AvgIpc) is 2.98. The number of hydrogen-bond acceptors (Lipinski definition) is 5. The van der Waals surface area contributed by atoms with Crippen molar-refractivity contribution in [2.45, 2.75) is 12.8 Å². The van der Waals surface area contributed by atoms with E-state index in [4.69, 9.17) is 10.5 Å². The Kier molecular flexibility index (Phi) is 4.73. The SMILES string of the molecule is NC(=O)COC(=O)C1CCN(C(=O)c2cccs2)CC1. The van der Waals surface area contributed by atoms with Gasteiger partial charge in [0, 0.05) is 13.1 Å². The number of esters is 1. The van der Waals surface area contributed by atoms with Crippen LogP contribution >= 0.6 is 11.3 Å². The van der Waals surface area contributed by atoms with Gasteiger partial charge in [-0.2, -0.15) is 0 Å². The molecule has 2 rings (SSSR count). The molecule has 20 heavy (non-hydrogen) atoms. The minimum Gasteiger partial charge on any atom is -0.455 e. The topological polar surface area (TPSA) is 89.7 Å². The summed E-state index contributed by atoms with van der Waals surface area (Å²) in [4.78, 5) is 36.8. The van der Waals surface area contributed by atoms with Crippen LogP contribution in [0.2, 0.25) is 0 Å². The molecule has 0 atom stereocenters. The zero-order chi connectivity index (χ0) is 14.5.